The zero-order chi connectivity index (χ0) is 25.7. The summed E-state index contributed by atoms with van der Waals surface area (Å²) in [4.78, 5) is 24.6. The number of nitrogens with one attached hydrogen (secondary N) is 3. The first kappa shape index (κ1) is 25.5. The standard InChI is InChI=1S/C31H31N3O3/c35-30(19-14-24-8-3-1-4-9-24)33-27-17-15-26(16-18-27)32-23-31(36)34-28-12-7-13-29(22-28)37-21-20-25-10-5-2-6-11-25/h1-13,15-18,22,32H,14,19-21,23H2,(H,33,35)(H,34,36). The SMILES string of the molecule is O=C(CCc1ccccc1)Nc1ccc(NCC(=O)Nc2cccc(OCCc3ccccc3)c2)cc1. The molecule has 0 aliphatic rings. The lowest BCUT2D eigenvalue weighted by Gasteiger charge is -2.11. The predicted molar refractivity (Wildman–Crippen MR) is 149 cm³/mol. The zero-order valence-electron chi connectivity index (χ0n) is 20.7. The van der Waals surface area contributed by atoms with E-state index < -0.39 is 0 Å². The first-order valence-electron chi connectivity index (χ1n) is 12.4. The van der Waals surface area contributed by atoms with Crippen LogP contribution in [-0.2, 0) is 22.4 Å². The van der Waals surface area contributed by atoms with Crippen molar-refractivity contribution >= 4 is 28.9 Å². The van der Waals surface area contributed by atoms with Gasteiger partial charge in [0.2, 0.25) is 11.8 Å². The van der Waals surface area contributed by atoms with Gasteiger partial charge < -0.3 is 20.7 Å². The maximum Gasteiger partial charge on any atom is 0.243 e. The molecule has 0 unspecified atom stereocenters. The zero-order valence-corrected chi connectivity index (χ0v) is 20.7. The van der Waals surface area contributed by atoms with Crippen molar-refractivity contribution in [3.63, 3.8) is 0 Å². The average molecular weight is 494 g/mol. The van der Waals surface area contributed by atoms with Gasteiger partial charge in [-0.05, 0) is 53.9 Å². The molecule has 188 valence electrons. The van der Waals surface area contributed by atoms with Crippen LogP contribution in [0.2, 0.25) is 0 Å². The van der Waals surface area contributed by atoms with Gasteiger partial charge in [0, 0.05) is 36.0 Å². The normalized spacial score (nSPS) is 10.4. The highest BCUT2D eigenvalue weighted by atomic mass is 16.5. The summed E-state index contributed by atoms with van der Waals surface area (Å²) < 4.78 is 5.84. The summed E-state index contributed by atoms with van der Waals surface area (Å²) >= 11 is 0. The highest BCUT2D eigenvalue weighted by molar-refractivity contribution is 5.94. The van der Waals surface area contributed by atoms with Crippen LogP contribution in [0.3, 0.4) is 0 Å². The van der Waals surface area contributed by atoms with Gasteiger partial charge in [0.05, 0.1) is 13.2 Å². The summed E-state index contributed by atoms with van der Waals surface area (Å²) in [6.45, 7) is 0.675. The van der Waals surface area contributed by atoms with E-state index in [0.29, 0.717) is 30.9 Å². The number of anilines is 3. The van der Waals surface area contributed by atoms with Crippen LogP contribution in [0.5, 0.6) is 5.75 Å². The minimum absolute atomic E-state index is 0.0322. The van der Waals surface area contributed by atoms with Crippen molar-refractivity contribution in [1.82, 2.24) is 0 Å². The lowest BCUT2D eigenvalue weighted by molar-refractivity contribution is -0.116. The lowest BCUT2D eigenvalue weighted by Crippen LogP contribution is -2.21. The molecule has 0 radical (unpaired) electrons. The van der Waals surface area contributed by atoms with Crippen molar-refractivity contribution in [1.29, 1.82) is 0 Å². The minimum atomic E-state index is -0.167. The molecule has 0 saturated carbocycles. The van der Waals surface area contributed by atoms with Crippen LogP contribution >= 0.6 is 0 Å². The number of hydrogen-bond acceptors (Lipinski definition) is 4. The third-order valence-electron chi connectivity index (χ3n) is 5.73. The van der Waals surface area contributed by atoms with Gasteiger partial charge in [-0.25, -0.2) is 0 Å². The smallest absolute Gasteiger partial charge is 0.243 e. The van der Waals surface area contributed by atoms with E-state index in [1.54, 1.807) is 0 Å². The summed E-state index contributed by atoms with van der Waals surface area (Å²) in [5, 5.41) is 8.90. The van der Waals surface area contributed by atoms with E-state index in [1.807, 2.05) is 97.1 Å². The third-order valence-corrected chi connectivity index (χ3v) is 5.73. The summed E-state index contributed by atoms with van der Waals surface area (Å²) in [7, 11) is 0. The minimum Gasteiger partial charge on any atom is -0.493 e. The predicted octanol–water partition coefficient (Wildman–Crippen LogP) is 5.93. The van der Waals surface area contributed by atoms with Gasteiger partial charge in [0.15, 0.2) is 0 Å². The van der Waals surface area contributed by atoms with E-state index in [0.717, 1.165) is 23.4 Å². The Balaban J connectivity index is 1.17. The van der Waals surface area contributed by atoms with Crippen molar-refractivity contribution in [3.05, 3.63) is 120 Å². The number of ether oxygens (including phenoxy) is 1. The van der Waals surface area contributed by atoms with Crippen LogP contribution in [0.4, 0.5) is 17.1 Å². The van der Waals surface area contributed by atoms with Crippen LogP contribution in [0.25, 0.3) is 0 Å². The number of aryl methyl sites for hydroxylation is 1. The molecule has 0 atom stereocenters. The van der Waals surface area contributed by atoms with Crippen molar-refractivity contribution in [2.24, 2.45) is 0 Å². The Morgan fingerprint density at radius 3 is 1.92 bits per heavy atom. The fraction of sp³-hybridized carbons (Fsp3) is 0.161. The summed E-state index contributed by atoms with van der Waals surface area (Å²) in [5.74, 6) is 0.512. The van der Waals surface area contributed by atoms with E-state index in [9.17, 15) is 9.59 Å². The maximum atomic E-state index is 12.4. The molecule has 6 heteroatoms. The Bertz CT molecular complexity index is 1280. The van der Waals surface area contributed by atoms with Gasteiger partial charge in [-0.2, -0.15) is 0 Å². The van der Waals surface area contributed by atoms with Crippen LogP contribution < -0.4 is 20.7 Å². The molecule has 0 spiro atoms. The summed E-state index contributed by atoms with van der Waals surface area (Å²) in [6.07, 6.45) is 1.94. The van der Waals surface area contributed by atoms with Crippen molar-refractivity contribution in [2.75, 3.05) is 29.1 Å². The van der Waals surface area contributed by atoms with E-state index in [2.05, 4.69) is 28.1 Å². The number of carbonyl (C=O) groups excluding carboxylic acids is 2. The third kappa shape index (κ3) is 8.85. The van der Waals surface area contributed by atoms with Crippen molar-refractivity contribution in [2.45, 2.75) is 19.3 Å². The highest BCUT2D eigenvalue weighted by Gasteiger charge is 2.06. The Hall–Kier alpha value is -4.58. The molecule has 0 aliphatic heterocycles. The Morgan fingerprint density at radius 2 is 1.22 bits per heavy atom. The van der Waals surface area contributed by atoms with Gasteiger partial charge in [-0.3, -0.25) is 9.59 Å². The van der Waals surface area contributed by atoms with E-state index in [4.69, 9.17) is 4.74 Å². The Kier molecular flexibility index (Phi) is 9.30. The van der Waals surface area contributed by atoms with Crippen LogP contribution in [0.1, 0.15) is 17.5 Å². The second kappa shape index (κ2) is 13.5. The second-order valence-corrected chi connectivity index (χ2v) is 8.62. The number of carbonyl (C=O) groups is 2. The van der Waals surface area contributed by atoms with E-state index >= 15 is 0 Å². The molecule has 2 amide bonds. The molecule has 4 aromatic carbocycles. The van der Waals surface area contributed by atoms with Crippen LogP contribution in [0.15, 0.2) is 109 Å². The average Bonchev–Trinajstić information content (AvgIpc) is 2.93. The lowest BCUT2D eigenvalue weighted by atomic mass is 10.1. The fourth-order valence-corrected chi connectivity index (χ4v) is 3.78. The molecule has 0 saturated heterocycles. The molecule has 37 heavy (non-hydrogen) atoms. The topological polar surface area (TPSA) is 79.5 Å². The monoisotopic (exact) mass is 493 g/mol. The number of hydrogen-bond donors (Lipinski definition) is 3. The molecule has 0 aliphatic carbocycles. The largest absolute Gasteiger partial charge is 0.493 e. The number of rotatable bonds is 12. The van der Waals surface area contributed by atoms with Gasteiger partial charge in [-0.1, -0.05) is 66.7 Å². The van der Waals surface area contributed by atoms with Gasteiger partial charge in [0.25, 0.3) is 0 Å². The fourth-order valence-electron chi connectivity index (χ4n) is 3.78. The molecular formula is C31H31N3O3. The summed E-state index contributed by atoms with van der Waals surface area (Å²) in [5.41, 5.74) is 4.54. The van der Waals surface area contributed by atoms with Crippen LogP contribution in [-0.4, -0.2) is 25.0 Å². The molecule has 0 heterocycles. The molecule has 0 aromatic heterocycles. The first-order valence-corrected chi connectivity index (χ1v) is 12.4. The molecule has 3 N–H and O–H groups in total. The second-order valence-electron chi connectivity index (χ2n) is 8.62. The highest BCUT2D eigenvalue weighted by Crippen LogP contribution is 2.18. The quantitative estimate of drug-likeness (QED) is 0.229. The van der Waals surface area contributed by atoms with E-state index in [-0.39, 0.29) is 18.4 Å². The maximum absolute atomic E-state index is 12.4. The van der Waals surface area contributed by atoms with Crippen molar-refractivity contribution in [3.8, 4) is 5.75 Å². The van der Waals surface area contributed by atoms with Gasteiger partial charge in [-0.15, -0.1) is 0 Å². The first-order chi connectivity index (χ1) is 18.1. The Morgan fingerprint density at radius 1 is 0.595 bits per heavy atom. The Labute approximate surface area is 217 Å². The van der Waals surface area contributed by atoms with E-state index in [1.165, 1.54) is 5.56 Å². The molecule has 6 nitrogen and oxygen atoms in total. The number of amides is 2. The number of benzene rings is 4. The van der Waals surface area contributed by atoms with Crippen molar-refractivity contribution < 1.29 is 14.3 Å². The molecule has 0 bridgehead atoms. The molecule has 0 fully saturated rings. The summed E-state index contributed by atoms with van der Waals surface area (Å²) in [6, 6.07) is 34.8. The molecular weight excluding hydrogens is 462 g/mol. The van der Waals surface area contributed by atoms with Crippen LogP contribution in [0, 0.1) is 0 Å². The molecule has 4 rings (SSSR count). The van der Waals surface area contributed by atoms with Gasteiger partial charge in [0.1, 0.15) is 5.75 Å². The van der Waals surface area contributed by atoms with Gasteiger partial charge >= 0.3 is 0 Å². The molecule has 4 aromatic rings.